The summed E-state index contributed by atoms with van der Waals surface area (Å²) in [5.41, 5.74) is 9.65. The summed E-state index contributed by atoms with van der Waals surface area (Å²) in [6.45, 7) is 8.59. The summed E-state index contributed by atoms with van der Waals surface area (Å²) >= 11 is 6.28. The van der Waals surface area contributed by atoms with Crippen molar-refractivity contribution in [3.63, 3.8) is 0 Å². The minimum absolute atomic E-state index is 0.338. The Hall–Kier alpha value is -1.58. The van der Waals surface area contributed by atoms with Gasteiger partial charge in [0.15, 0.2) is 0 Å². The van der Waals surface area contributed by atoms with Crippen LogP contribution >= 0.6 is 11.6 Å². The third-order valence-electron chi connectivity index (χ3n) is 3.36. The van der Waals surface area contributed by atoms with Crippen LogP contribution in [0.4, 0.5) is 0 Å². The predicted molar refractivity (Wildman–Crippen MR) is 87.2 cm³/mol. The molecular weight excluding hydrogens is 284 g/mol. The minimum atomic E-state index is 0.338. The van der Waals surface area contributed by atoms with Crippen LogP contribution < -0.4 is 10.5 Å². The van der Waals surface area contributed by atoms with Crippen molar-refractivity contribution in [2.24, 2.45) is 5.73 Å². The Morgan fingerprint density at radius 1 is 1.19 bits per heavy atom. The normalized spacial score (nSPS) is 11.0. The third kappa shape index (κ3) is 3.74. The number of ether oxygens (including phenoxy) is 1. The first kappa shape index (κ1) is 15.8. The second-order valence-electron chi connectivity index (χ2n) is 5.56. The number of nitrogens with zero attached hydrogens (tertiary/aromatic N) is 1. The van der Waals surface area contributed by atoms with Crippen LogP contribution in [0.3, 0.4) is 0 Å². The SMILES string of the molecule is Cc1cc(CN)cc(Oc2cc(C(C)C)c(Cl)cc2C)n1. The summed E-state index contributed by atoms with van der Waals surface area (Å²) in [6.07, 6.45) is 0. The highest BCUT2D eigenvalue weighted by Gasteiger charge is 2.11. The Balaban J connectivity index is 2.39. The van der Waals surface area contributed by atoms with Gasteiger partial charge in [0.05, 0.1) is 0 Å². The topological polar surface area (TPSA) is 48.1 Å². The van der Waals surface area contributed by atoms with Gasteiger partial charge in [-0.15, -0.1) is 0 Å². The molecule has 0 unspecified atom stereocenters. The van der Waals surface area contributed by atoms with E-state index in [1.54, 1.807) is 0 Å². The van der Waals surface area contributed by atoms with Crippen LogP contribution in [0.15, 0.2) is 24.3 Å². The van der Waals surface area contributed by atoms with Gasteiger partial charge in [0.1, 0.15) is 5.75 Å². The molecule has 4 heteroatoms. The van der Waals surface area contributed by atoms with E-state index in [9.17, 15) is 0 Å². The van der Waals surface area contributed by atoms with Gasteiger partial charge in [-0.1, -0.05) is 25.4 Å². The number of pyridine rings is 1. The van der Waals surface area contributed by atoms with Crippen molar-refractivity contribution < 1.29 is 4.74 Å². The molecule has 0 aliphatic rings. The second kappa shape index (κ2) is 6.46. The van der Waals surface area contributed by atoms with E-state index in [2.05, 4.69) is 18.8 Å². The minimum Gasteiger partial charge on any atom is -0.439 e. The van der Waals surface area contributed by atoms with E-state index in [1.165, 1.54) is 0 Å². The molecule has 2 aromatic rings. The lowest BCUT2D eigenvalue weighted by molar-refractivity contribution is 0.456. The largest absolute Gasteiger partial charge is 0.439 e. The standard InChI is InChI=1S/C17H21ClN2O/c1-10(2)14-8-16(11(3)5-15(14)18)21-17-7-13(9-19)6-12(4)20-17/h5-8,10H,9,19H2,1-4H3. The van der Waals surface area contributed by atoms with Crippen LogP contribution in [-0.2, 0) is 6.54 Å². The first-order chi connectivity index (χ1) is 9.90. The molecule has 3 nitrogen and oxygen atoms in total. The Morgan fingerprint density at radius 3 is 2.52 bits per heavy atom. The molecule has 21 heavy (non-hydrogen) atoms. The zero-order valence-electron chi connectivity index (χ0n) is 12.9. The number of rotatable bonds is 4. The van der Waals surface area contributed by atoms with Crippen molar-refractivity contribution in [1.29, 1.82) is 0 Å². The number of benzene rings is 1. The Bertz CT molecular complexity index is 653. The van der Waals surface area contributed by atoms with E-state index < -0.39 is 0 Å². The van der Waals surface area contributed by atoms with E-state index in [0.717, 1.165) is 33.2 Å². The fraction of sp³-hybridized carbons (Fsp3) is 0.353. The highest BCUT2D eigenvalue weighted by Crippen LogP contribution is 2.33. The molecule has 0 aliphatic carbocycles. The molecule has 0 saturated heterocycles. The highest BCUT2D eigenvalue weighted by atomic mass is 35.5. The zero-order chi connectivity index (χ0) is 15.6. The van der Waals surface area contributed by atoms with Crippen LogP contribution in [0.5, 0.6) is 11.6 Å². The average molecular weight is 305 g/mol. The van der Waals surface area contributed by atoms with Gasteiger partial charge in [-0.25, -0.2) is 4.98 Å². The van der Waals surface area contributed by atoms with Crippen LogP contribution in [-0.4, -0.2) is 4.98 Å². The van der Waals surface area contributed by atoms with Crippen molar-refractivity contribution in [2.45, 2.75) is 40.2 Å². The third-order valence-corrected chi connectivity index (χ3v) is 3.68. The van der Waals surface area contributed by atoms with Crippen LogP contribution in [0.25, 0.3) is 0 Å². The number of aromatic nitrogens is 1. The molecule has 0 radical (unpaired) electrons. The highest BCUT2D eigenvalue weighted by molar-refractivity contribution is 6.31. The number of hydrogen-bond donors (Lipinski definition) is 1. The maximum Gasteiger partial charge on any atom is 0.219 e. The van der Waals surface area contributed by atoms with Crippen LogP contribution in [0.2, 0.25) is 5.02 Å². The van der Waals surface area contributed by atoms with Crippen molar-refractivity contribution in [3.05, 3.63) is 51.7 Å². The molecule has 2 rings (SSSR count). The van der Waals surface area contributed by atoms with Gasteiger partial charge in [-0.05, 0) is 54.7 Å². The average Bonchev–Trinajstić information content (AvgIpc) is 2.40. The van der Waals surface area contributed by atoms with E-state index in [-0.39, 0.29) is 0 Å². The fourth-order valence-electron chi connectivity index (χ4n) is 2.21. The second-order valence-corrected chi connectivity index (χ2v) is 5.96. The first-order valence-electron chi connectivity index (χ1n) is 7.06. The zero-order valence-corrected chi connectivity index (χ0v) is 13.7. The first-order valence-corrected chi connectivity index (χ1v) is 7.44. The lowest BCUT2D eigenvalue weighted by atomic mass is 10.0. The molecule has 112 valence electrons. The summed E-state index contributed by atoms with van der Waals surface area (Å²) in [7, 11) is 0. The molecule has 1 heterocycles. The molecule has 0 atom stereocenters. The summed E-state index contributed by atoms with van der Waals surface area (Å²) in [6, 6.07) is 7.76. The molecule has 2 N–H and O–H groups in total. The summed E-state index contributed by atoms with van der Waals surface area (Å²) in [4.78, 5) is 4.40. The van der Waals surface area contributed by atoms with Crippen molar-refractivity contribution in [3.8, 4) is 11.6 Å². The van der Waals surface area contributed by atoms with E-state index in [4.69, 9.17) is 22.1 Å². The van der Waals surface area contributed by atoms with Gasteiger partial charge < -0.3 is 10.5 Å². The summed E-state index contributed by atoms with van der Waals surface area (Å²) in [5, 5.41) is 0.773. The lowest BCUT2D eigenvalue weighted by Gasteiger charge is -2.14. The number of aryl methyl sites for hydroxylation is 2. The predicted octanol–water partition coefficient (Wildman–Crippen LogP) is 4.73. The van der Waals surface area contributed by atoms with Crippen molar-refractivity contribution in [2.75, 3.05) is 0 Å². The molecule has 0 saturated carbocycles. The van der Waals surface area contributed by atoms with Gasteiger partial charge in [-0.3, -0.25) is 0 Å². The van der Waals surface area contributed by atoms with Gasteiger partial charge in [0.2, 0.25) is 5.88 Å². The smallest absolute Gasteiger partial charge is 0.219 e. The molecular formula is C17H21ClN2O. The van der Waals surface area contributed by atoms with Gasteiger partial charge in [-0.2, -0.15) is 0 Å². The van der Waals surface area contributed by atoms with Gasteiger partial charge in [0.25, 0.3) is 0 Å². The van der Waals surface area contributed by atoms with Crippen molar-refractivity contribution in [1.82, 2.24) is 4.98 Å². The number of halogens is 1. The Morgan fingerprint density at radius 2 is 1.90 bits per heavy atom. The van der Waals surface area contributed by atoms with E-state index in [0.29, 0.717) is 18.3 Å². The summed E-state index contributed by atoms with van der Waals surface area (Å²) < 4.78 is 5.95. The molecule has 1 aromatic heterocycles. The Labute approximate surface area is 131 Å². The molecule has 0 aliphatic heterocycles. The monoisotopic (exact) mass is 304 g/mol. The van der Waals surface area contributed by atoms with Gasteiger partial charge in [0, 0.05) is 23.3 Å². The maximum atomic E-state index is 6.28. The maximum absolute atomic E-state index is 6.28. The van der Waals surface area contributed by atoms with Crippen molar-refractivity contribution >= 4 is 11.6 Å². The quantitative estimate of drug-likeness (QED) is 0.888. The molecule has 1 aromatic carbocycles. The molecule has 0 amide bonds. The van der Waals surface area contributed by atoms with Crippen LogP contribution in [0.1, 0.15) is 42.1 Å². The lowest BCUT2D eigenvalue weighted by Crippen LogP contribution is -2.00. The molecule has 0 bridgehead atoms. The molecule has 0 fully saturated rings. The summed E-state index contributed by atoms with van der Waals surface area (Å²) in [5.74, 6) is 1.69. The Kier molecular flexibility index (Phi) is 4.86. The van der Waals surface area contributed by atoms with E-state index in [1.807, 2.05) is 38.1 Å². The van der Waals surface area contributed by atoms with Gasteiger partial charge >= 0.3 is 0 Å². The van der Waals surface area contributed by atoms with E-state index >= 15 is 0 Å². The molecule has 0 spiro atoms. The number of nitrogens with two attached hydrogens (primary N) is 1. The number of hydrogen-bond acceptors (Lipinski definition) is 3. The van der Waals surface area contributed by atoms with Crippen LogP contribution in [0, 0.1) is 13.8 Å². The fourth-order valence-corrected chi connectivity index (χ4v) is 2.65.